The van der Waals surface area contributed by atoms with Crippen molar-refractivity contribution in [3.8, 4) is 0 Å². The summed E-state index contributed by atoms with van der Waals surface area (Å²) in [4.78, 5) is 27.0. The van der Waals surface area contributed by atoms with Crippen molar-refractivity contribution in [1.29, 1.82) is 0 Å². The second-order valence-electron chi connectivity index (χ2n) is 6.14. The zero-order valence-corrected chi connectivity index (χ0v) is 11.7. The van der Waals surface area contributed by atoms with Crippen molar-refractivity contribution < 1.29 is 14.7 Å². The zero-order chi connectivity index (χ0) is 14.0. The minimum atomic E-state index is -0.899. The normalized spacial score (nSPS) is 21.3. The Morgan fingerprint density at radius 1 is 1.21 bits per heavy atom. The van der Waals surface area contributed by atoms with Gasteiger partial charge in [-0.25, -0.2) is 4.79 Å². The highest BCUT2D eigenvalue weighted by molar-refractivity contribution is 5.76. The van der Waals surface area contributed by atoms with Gasteiger partial charge in [-0.3, -0.25) is 9.69 Å². The molecular weight excluding hydrogens is 246 g/mol. The van der Waals surface area contributed by atoms with E-state index in [0.29, 0.717) is 0 Å². The number of carbonyl (C=O) groups excluding carboxylic acids is 1. The van der Waals surface area contributed by atoms with E-state index in [1.165, 1.54) is 12.8 Å². The summed E-state index contributed by atoms with van der Waals surface area (Å²) >= 11 is 0. The molecule has 19 heavy (non-hydrogen) atoms. The quantitative estimate of drug-likeness (QED) is 0.789. The number of amides is 2. The van der Waals surface area contributed by atoms with Crippen LogP contribution in [-0.4, -0.2) is 64.7 Å². The molecule has 0 aromatic heterocycles. The van der Waals surface area contributed by atoms with Crippen LogP contribution in [0.15, 0.2) is 0 Å². The molecule has 2 aliphatic rings. The van der Waals surface area contributed by atoms with Crippen molar-refractivity contribution in [1.82, 2.24) is 15.1 Å². The fourth-order valence-corrected chi connectivity index (χ4v) is 2.52. The van der Waals surface area contributed by atoms with Gasteiger partial charge in [-0.1, -0.05) is 0 Å². The van der Waals surface area contributed by atoms with Crippen molar-refractivity contribution in [2.75, 3.05) is 26.2 Å². The monoisotopic (exact) mass is 269 g/mol. The van der Waals surface area contributed by atoms with Gasteiger partial charge in [0.1, 0.15) is 0 Å². The number of hydrogen-bond donors (Lipinski definition) is 2. The number of piperazine rings is 1. The van der Waals surface area contributed by atoms with Crippen LogP contribution in [0.5, 0.6) is 0 Å². The van der Waals surface area contributed by atoms with E-state index in [9.17, 15) is 9.59 Å². The molecule has 2 N–H and O–H groups in total. The van der Waals surface area contributed by atoms with Gasteiger partial charge in [0.25, 0.3) is 0 Å². The Morgan fingerprint density at radius 2 is 1.79 bits per heavy atom. The first-order valence-electron chi connectivity index (χ1n) is 6.90. The van der Waals surface area contributed by atoms with Gasteiger partial charge in [0.2, 0.25) is 0 Å². The van der Waals surface area contributed by atoms with Crippen LogP contribution in [0, 0.1) is 0 Å². The van der Waals surface area contributed by atoms with Crippen LogP contribution in [0.25, 0.3) is 0 Å². The van der Waals surface area contributed by atoms with Gasteiger partial charge in [-0.05, 0) is 26.7 Å². The van der Waals surface area contributed by atoms with Gasteiger partial charge >= 0.3 is 12.0 Å². The molecule has 108 valence electrons. The number of carbonyl (C=O) groups is 2. The van der Waals surface area contributed by atoms with E-state index >= 15 is 0 Å². The Kier molecular flexibility index (Phi) is 3.99. The van der Waals surface area contributed by atoms with Crippen molar-refractivity contribution in [3.63, 3.8) is 0 Å². The summed E-state index contributed by atoms with van der Waals surface area (Å²) in [5, 5.41) is 11.6. The minimum absolute atomic E-state index is 0.0687. The Hall–Kier alpha value is -1.30. The van der Waals surface area contributed by atoms with Gasteiger partial charge in [0.05, 0.1) is 6.42 Å². The van der Waals surface area contributed by atoms with Gasteiger partial charge in [0.15, 0.2) is 0 Å². The van der Waals surface area contributed by atoms with Crippen LogP contribution in [-0.2, 0) is 4.79 Å². The maximum absolute atomic E-state index is 12.1. The summed E-state index contributed by atoms with van der Waals surface area (Å²) in [6.07, 6.45) is 2.51. The molecule has 0 atom stereocenters. The largest absolute Gasteiger partial charge is 0.481 e. The third-order valence-corrected chi connectivity index (χ3v) is 3.70. The van der Waals surface area contributed by atoms with E-state index in [1.54, 1.807) is 18.7 Å². The topological polar surface area (TPSA) is 72.9 Å². The predicted molar refractivity (Wildman–Crippen MR) is 71.0 cm³/mol. The number of carboxylic acid groups (broad SMARTS) is 1. The van der Waals surface area contributed by atoms with Crippen LogP contribution in [0.2, 0.25) is 0 Å². The number of nitrogens with zero attached hydrogens (tertiary/aromatic N) is 2. The molecule has 0 aromatic rings. The van der Waals surface area contributed by atoms with Crippen LogP contribution in [0.4, 0.5) is 4.79 Å². The Labute approximate surface area is 113 Å². The minimum Gasteiger partial charge on any atom is -0.481 e. The zero-order valence-electron chi connectivity index (χ0n) is 11.7. The molecule has 1 aliphatic carbocycles. The molecule has 2 rings (SSSR count). The molecule has 0 bridgehead atoms. The second kappa shape index (κ2) is 5.36. The number of hydrogen-bond acceptors (Lipinski definition) is 3. The first-order chi connectivity index (χ1) is 8.87. The lowest BCUT2D eigenvalue weighted by atomic mass is 10.0. The highest BCUT2D eigenvalue weighted by Crippen LogP contribution is 2.27. The van der Waals surface area contributed by atoms with Crippen LogP contribution in [0.1, 0.15) is 33.1 Å². The predicted octanol–water partition coefficient (Wildman–Crippen LogP) is 0.729. The van der Waals surface area contributed by atoms with E-state index < -0.39 is 11.5 Å². The molecule has 1 saturated carbocycles. The first-order valence-corrected chi connectivity index (χ1v) is 6.90. The van der Waals surface area contributed by atoms with E-state index in [-0.39, 0.29) is 12.5 Å². The average molecular weight is 269 g/mol. The number of rotatable bonds is 4. The molecule has 2 fully saturated rings. The fraction of sp³-hybridized carbons (Fsp3) is 0.846. The second-order valence-corrected chi connectivity index (χ2v) is 6.14. The fourth-order valence-electron chi connectivity index (χ4n) is 2.52. The maximum atomic E-state index is 12.1. The highest BCUT2D eigenvalue weighted by Gasteiger charge is 2.33. The Balaban J connectivity index is 1.78. The highest BCUT2D eigenvalue weighted by atomic mass is 16.4. The van der Waals surface area contributed by atoms with Crippen molar-refractivity contribution in [3.05, 3.63) is 0 Å². The first kappa shape index (κ1) is 14.1. The van der Waals surface area contributed by atoms with Gasteiger partial charge in [0, 0.05) is 37.8 Å². The van der Waals surface area contributed by atoms with Crippen LogP contribution >= 0.6 is 0 Å². The number of aliphatic carboxylic acids is 1. The summed E-state index contributed by atoms with van der Waals surface area (Å²) in [5.41, 5.74) is -0.712. The molecule has 6 nitrogen and oxygen atoms in total. The van der Waals surface area contributed by atoms with Crippen LogP contribution < -0.4 is 5.32 Å². The summed E-state index contributed by atoms with van der Waals surface area (Å²) in [5.74, 6) is -0.899. The Morgan fingerprint density at radius 3 is 2.26 bits per heavy atom. The molecule has 0 spiro atoms. The van der Waals surface area contributed by atoms with Crippen LogP contribution in [0.3, 0.4) is 0 Å². The Bertz CT molecular complexity index is 358. The SMILES string of the molecule is CC(C)(CC(=O)O)NC(=O)N1CCN(C2CC2)CC1. The number of nitrogens with one attached hydrogen (secondary N) is 1. The average Bonchev–Trinajstić information content (AvgIpc) is 3.10. The summed E-state index contributed by atoms with van der Waals surface area (Å²) < 4.78 is 0. The molecule has 1 aliphatic heterocycles. The lowest BCUT2D eigenvalue weighted by molar-refractivity contribution is -0.138. The molecule has 6 heteroatoms. The molecular formula is C13H23N3O3. The van der Waals surface area contributed by atoms with Crippen molar-refractivity contribution in [2.45, 2.75) is 44.7 Å². The third kappa shape index (κ3) is 4.09. The number of urea groups is 1. The van der Waals surface area contributed by atoms with Crippen molar-refractivity contribution >= 4 is 12.0 Å². The standard InChI is InChI=1S/C13H23N3O3/c1-13(2,9-11(17)18)14-12(19)16-7-5-15(6-8-16)10-3-4-10/h10H,3-9H2,1-2H3,(H,14,19)(H,17,18). The van der Waals surface area contributed by atoms with E-state index in [4.69, 9.17) is 5.11 Å². The summed E-state index contributed by atoms with van der Waals surface area (Å²) in [6.45, 7) is 6.78. The molecule has 2 amide bonds. The van der Waals surface area contributed by atoms with E-state index in [0.717, 1.165) is 32.2 Å². The molecule has 0 radical (unpaired) electrons. The smallest absolute Gasteiger partial charge is 0.317 e. The van der Waals surface area contributed by atoms with Gasteiger partial charge in [-0.2, -0.15) is 0 Å². The van der Waals surface area contributed by atoms with E-state index in [2.05, 4.69) is 10.2 Å². The molecule has 1 saturated heterocycles. The summed E-state index contributed by atoms with van der Waals surface area (Å²) in [7, 11) is 0. The number of carboxylic acids is 1. The lowest BCUT2D eigenvalue weighted by Crippen LogP contribution is -2.56. The van der Waals surface area contributed by atoms with Crippen molar-refractivity contribution in [2.24, 2.45) is 0 Å². The lowest BCUT2D eigenvalue weighted by Gasteiger charge is -2.36. The van der Waals surface area contributed by atoms with Gasteiger partial charge in [-0.15, -0.1) is 0 Å². The van der Waals surface area contributed by atoms with Gasteiger partial charge < -0.3 is 15.3 Å². The van der Waals surface area contributed by atoms with E-state index in [1.807, 2.05) is 0 Å². The molecule has 0 aromatic carbocycles. The molecule has 1 heterocycles. The summed E-state index contributed by atoms with van der Waals surface area (Å²) in [6, 6.07) is 0.593. The molecule has 0 unspecified atom stereocenters. The third-order valence-electron chi connectivity index (χ3n) is 3.70. The maximum Gasteiger partial charge on any atom is 0.317 e.